The molecule has 1 fully saturated rings. The number of benzene rings is 1. The van der Waals surface area contributed by atoms with Crippen molar-refractivity contribution in [1.29, 1.82) is 0 Å². The highest BCUT2D eigenvalue weighted by molar-refractivity contribution is 7.99. The van der Waals surface area contributed by atoms with Gasteiger partial charge in [0.15, 0.2) is 0 Å². The van der Waals surface area contributed by atoms with Crippen molar-refractivity contribution in [2.75, 3.05) is 18.1 Å². The molecule has 25 heavy (non-hydrogen) atoms. The predicted octanol–water partition coefficient (Wildman–Crippen LogP) is 1.47. The molecule has 1 saturated heterocycles. The lowest BCUT2D eigenvalue weighted by Gasteiger charge is -2.23. The van der Waals surface area contributed by atoms with Crippen LogP contribution in [0.2, 0.25) is 0 Å². The average Bonchev–Trinajstić information content (AvgIpc) is 2.52. The second-order valence-corrected chi connectivity index (χ2v) is 9.97. The maximum absolute atomic E-state index is 12.6. The summed E-state index contributed by atoms with van der Waals surface area (Å²) in [5, 5.41) is 6.16. The molecule has 0 spiro atoms. The van der Waals surface area contributed by atoms with Crippen molar-refractivity contribution >= 4 is 27.7 Å². The second-order valence-electron chi connectivity index (χ2n) is 7.17. The number of sulfonamides is 1. The first-order valence-electron chi connectivity index (χ1n) is 8.37. The van der Waals surface area contributed by atoms with Crippen molar-refractivity contribution < 1.29 is 13.2 Å². The van der Waals surface area contributed by atoms with Crippen LogP contribution >= 0.6 is 11.8 Å². The van der Waals surface area contributed by atoms with Gasteiger partial charge in [-0.15, -0.1) is 0 Å². The molecule has 1 aromatic rings. The largest absolute Gasteiger partial charge is 0.352 e. The van der Waals surface area contributed by atoms with Gasteiger partial charge in [0.05, 0.1) is 4.90 Å². The number of carbonyl (C=O) groups is 1. The molecule has 1 aliphatic heterocycles. The smallest absolute Gasteiger partial charge is 0.241 e. The van der Waals surface area contributed by atoms with Gasteiger partial charge < -0.3 is 10.6 Å². The summed E-state index contributed by atoms with van der Waals surface area (Å²) in [5.41, 5.74) is 0.0121. The van der Waals surface area contributed by atoms with Crippen molar-refractivity contribution in [2.24, 2.45) is 0 Å². The number of thioether (sulfide) groups is 1. The van der Waals surface area contributed by atoms with E-state index in [1.165, 1.54) is 0 Å². The molecule has 3 N–H and O–H groups in total. The summed E-state index contributed by atoms with van der Waals surface area (Å²) in [6.07, 6.45) is 0.405. The highest BCUT2D eigenvalue weighted by Crippen LogP contribution is 2.18. The van der Waals surface area contributed by atoms with E-state index in [1.807, 2.05) is 11.8 Å². The monoisotopic (exact) mass is 385 g/mol. The molecular formula is C17H27N3O3S2. The summed E-state index contributed by atoms with van der Waals surface area (Å²) in [5.74, 6) is 1.92. The normalized spacial score (nSPS) is 18.8. The lowest BCUT2D eigenvalue weighted by Crippen LogP contribution is -2.42. The standard InChI is InChI=1S/C17H27N3O3S2/c1-17(2,3)20-25(22,23)15-7-5-4-6-13(15)11-19-16(21)10-14-12-24-9-8-18-14/h4-7,14,18,20H,8-12H2,1-3H3,(H,19,21). The van der Waals surface area contributed by atoms with Gasteiger partial charge in [-0.25, -0.2) is 13.1 Å². The summed E-state index contributed by atoms with van der Waals surface area (Å²) in [4.78, 5) is 12.4. The first-order valence-corrected chi connectivity index (χ1v) is 11.0. The van der Waals surface area contributed by atoms with Crippen LogP contribution in [-0.4, -0.2) is 44.0 Å². The van der Waals surface area contributed by atoms with E-state index in [9.17, 15) is 13.2 Å². The first kappa shape index (κ1) is 20.2. The van der Waals surface area contributed by atoms with E-state index >= 15 is 0 Å². The lowest BCUT2D eigenvalue weighted by atomic mass is 10.1. The molecule has 1 heterocycles. The predicted molar refractivity (Wildman–Crippen MR) is 102 cm³/mol. The maximum atomic E-state index is 12.6. The zero-order valence-corrected chi connectivity index (χ0v) is 16.6. The van der Waals surface area contributed by atoms with Crippen LogP contribution < -0.4 is 15.4 Å². The van der Waals surface area contributed by atoms with Crippen molar-refractivity contribution in [3.05, 3.63) is 29.8 Å². The summed E-state index contributed by atoms with van der Waals surface area (Å²) in [6, 6.07) is 6.93. The highest BCUT2D eigenvalue weighted by atomic mass is 32.2. The van der Waals surface area contributed by atoms with E-state index in [-0.39, 0.29) is 23.4 Å². The van der Waals surface area contributed by atoms with Crippen molar-refractivity contribution in [3.8, 4) is 0 Å². The third-order valence-corrected chi connectivity index (χ3v) is 6.60. The topological polar surface area (TPSA) is 87.3 Å². The number of hydrogen-bond acceptors (Lipinski definition) is 5. The minimum absolute atomic E-state index is 0.0732. The Bertz CT molecular complexity index is 693. The van der Waals surface area contributed by atoms with Gasteiger partial charge in [0.2, 0.25) is 15.9 Å². The van der Waals surface area contributed by atoms with E-state index in [1.54, 1.807) is 45.0 Å². The molecular weight excluding hydrogens is 358 g/mol. The Morgan fingerprint density at radius 2 is 2.04 bits per heavy atom. The van der Waals surface area contributed by atoms with Crippen LogP contribution in [0.5, 0.6) is 0 Å². The fraction of sp³-hybridized carbons (Fsp3) is 0.588. The van der Waals surface area contributed by atoms with Gasteiger partial charge in [-0.3, -0.25) is 4.79 Å². The van der Waals surface area contributed by atoms with Crippen LogP contribution in [0.1, 0.15) is 32.8 Å². The van der Waals surface area contributed by atoms with Gasteiger partial charge in [-0.05, 0) is 32.4 Å². The molecule has 0 bridgehead atoms. The molecule has 1 unspecified atom stereocenters. The minimum Gasteiger partial charge on any atom is -0.352 e. The maximum Gasteiger partial charge on any atom is 0.241 e. The number of rotatable bonds is 6. The molecule has 1 aliphatic rings. The molecule has 0 saturated carbocycles. The average molecular weight is 386 g/mol. The first-order chi connectivity index (χ1) is 11.7. The zero-order chi connectivity index (χ0) is 18.5. The zero-order valence-electron chi connectivity index (χ0n) is 15.0. The molecule has 0 aromatic heterocycles. The van der Waals surface area contributed by atoms with Gasteiger partial charge in [0.25, 0.3) is 0 Å². The van der Waals surface area contributed by atoms with Gasteiger partial charge in [-0.2, -0.15) is 11.8 Å². The second kappa shape index (κ2) is 8.53. The molecule has 8 heteroatoms. The summed E-state index contributed by atoms with van der Waals surface area (Å²) >= 11 is 1.84. The number of carbonyl (C=O) groups excluding carboxylic acids is 1. The van der Waals surface area contributed by atoms with Gasteiger partial charge in [0.1, 0.15) is 0 Å². The summed E-state index contributed by atoms with van der Waals surface area (Å²) in [6.45, 7) is 6.50. The molecule has 6 nitrogen and oxygen atoms in total. The van der Waals surface area contributed by atoms with Crippen LogP contribution in [0.3, 0.4) is 0 Å². The van der Waals surface area contributed by atoms with Crippen LogP contribution in [-0.2, 0) is 21.4 Å². The Balaban J connectivity index is 2.01. The third-order valence-electron chi connectivity index (χ3n) is 3.61. The fourth-order valence-electron chi connectivity index (χ4n) is 2.61. The Hall–Kier alpha value is -1.09. The van der Waals surface area contributed by atoms with Crippen LogP contribution in [0.15, 0.2) is 29.2 Å². The van der Waals surface area contributed by atoms with Gasteiger partial charge in [0, 0.05) is 42.6 Å². The van der Waals surface area contributed by atoms with Crippen LogP contribution in [0.25, 0.3) is 0 Å². The Kier molecular flexibility index (Phi) is 6.90. The Morgan fingerprint density at radius 3 is 2.68 bits per heavy atom. The summed E-state index contributed by atoms with van der Waals surface area (Å²) < 4.78 is 27.8. The van der Waals surface area contributed by atoms with E-state index in [0.29, 0.717) is 12.0 Å². The molecule has 2 rings (SSSR count). The SMILES string of the molecule is CC(C)(C)NS(=O)(=O)c1ccccc1CNC(=O)CC1CSCCN1. The lowest BCUT2D eigenvalue weighted by molar-refractivity contribution is -0.121. The van der Waals surface area contributed by atoms with E-state index in [0.717, 1.165) is 18.1 Å². The van der Waals surface area contributed by atoms with Crippen molar-refractivity contribution in [2.45, 2.75) is 50.2 Å². The van der Waals surface area contributed by atoms with Crippen LogP contribution in [0, 0.1) is 0 Å². The fourth-order valence-corrected chi connectivity index (χ4v) is 5.22. The number of nitrogens with one attached hydrogen (secondary N) is 3. The van der Waals surface area contributed by atoms with E-state index in [4.69, 9.17) is 0 Å². The van der Waals surface area contributed by atoms with E-state index in [2.05, 4.69) is 15.4 Å². The minimum atomic E-state index is -3.64. The molecule has 1 aromatic carbocycles. The van der Waals surface area contributed by atoms with E-state index < -0.39 is 15.6 Å². The van der Waals surface area contributed by atoms with Gasteiger partial charge >= 0.3 is 0 Å². The number of amides is 1. The molecule has 1 amide bonds. The van der Waals surface area contributed by atoms with Crippen LogP contribution in [0.4, 0.5) is 0 Å². The highest BCUT2D eigenvalue weighted by Gasteiger charge is 2.24. The van der Waals surface area contributed by atoms with Crippen molar-refractivity contribution in [3.63, 3.8) is 0 Å². The van der Waals surface area contributed by atoms with Gasteiger partial charge in [-0.1, -0.05) is 18.2 Å². The Labute approximate surface area is 154 Å². The molecule has 0 aliphatic carbocycles. The molecule has 0 radical (unpaired) electrons. The third kappa shape index (κ3) is 6.62. The quantitative estimate of drug-likeness (QED) is 0.690. The molecule has 1 atom stereocenters. The molecule has 140 valence electrons. The van der Waals surface area contributed by atoms with Crippen molar-refractivity contribution in [1.82, 2.24) is 15.4 Å². The Morgan fingerprint density at radius 1 is 1.32 bits per heavy atom. The summed E-state index contributed by atoms with van der Waals surface area (Å²) in [7, 11) is -3.64. The number of hydrogen-bond donors (Lipinski definition) is 3.